The number of hydrogen-bond donors (Lipinski definition) is 2. The first-order valence-electron chi connectivity index (χ1n) is 12.0. The molecule has 1 fully saturated rings. The Labute approximate surface area is 206 Å². The summed E-state index contributed by atoms with van der Waals surface area (Å²) in [6, 6.07) is 16.8. The Morgan fingerprint density at radius 2 is 1.60 bits per heavy atom. The number of carbonyl (C=O) groups excluding carboxylic acids is 2. The molecular weight excluding hydrogens is 440 g/mol. The molecule has 0 unspecified atom stereocenters. The minimum atomic E-state index is -0.227. The second kappa shape index (κ2) is 12.2. The molecule has 0 spiro atoms. The molecule has 0 bridgehead atoms. The van der Waals surface area contributed by atoms with Crippen molar-refractivity contribution in [1.82, 2.24) is 25.1 Å². The fourth-order valence-electron chi connectivity index (χ4n) is 4.11. The van der Waals surface area contributed by atoms with Crippen LogP contribution in [0.4, 0.5) is 5.82 Å². The van der Waals surface area contributed by atoms with Gasteiger partial charge in [0.25, 0.3) is 11.8 Å². The molecule has 2 heterocycles. The highest BCUT2D eigenvalue weighted by Crippen LogP contribution is 2.14. The van der Waals surface area contributed by atoms with Gasteiger partial charge in [-0.15, -0.1) is 0 Å². The summed E-state index contributed by atoms with van der Waals surface area (Å²) in [5.41, 5.74) is 3.21. The molecule has 1 aliphatic rings. The number of benzene rings is 2. The summed E-state index contributed by atoms with van der Waals surface area (Å²) < 4.78 is 0. The van der Waals surface area contributed by atoms with E-state index < -0.39 is 0 Å². The van der Waals surface area contributed by atoms with Gasteiger partial charge in [0.15, 0.2) is 0 Å². The molecule has 0 radical (unpaired) electrons. The maximum atomic E-state index is 12.7. The van der Waals surface area contributed by atoms with Gasteiger partial charge in [0.05, 0.1) is 0 Å². The maximum absolute atomic E-state index is 12.7. The van der Waals surface area contributed by atoms with E-state index in [1.165, 1.54) is 6.33 Å². The zero-order valence-corrected chi connectivity index (χ0v) is 20.1. The number of aromatic nitrogens is 2. The molecule has 2 aromatic carbocycles. The lowest BCUT2D eigenvalue weighted by Gasteiger charge is -2.32. The van der Waals surface area contributed by atoms with Crippen molar-refractivity contribution in [2.45, 2.75) is 12.8 Å². The number of piperazine rings is 1. The molecule has 4 rings (SSSR count). The Morgan fingerprint density at radius 3 is 2.26 bits per heavy atom. The summed E-state index contributed by atoms with van der Waals surface area (Å²) in [6.07, 6.45) is 4.54. The third kappa shape index (κ3) is 7.43. The quantitative estimate of drug-likeness (QED) is 0.466. The first kappa shape index (κ1) is 24.5. The van der Waals surface area contributed by atoms with E-state index in [1.807, 2.05) is 42.5 Å². The maximum Gasteiger partial charge on any atom is 0.256 e. The smallest absolute Gasteiger partial charge is 0.256 e. The van der Waals surface area contributed by atoms with Gasteiger partial charge >= 0.3 is 0 Å². The lowest BCUT2D eigenvalue weighted by Crippen LogP contribution is -2.45. The first-order valence-corrected chi connectivity index (χ1v) is 12.0. The fraction of sp³-hybridized carbons (Fsp3) is 0.333. The van der Waals surface area contributed by atoms with Crippen LogP contribution in [0.15, 0.2) is 67.1 Å². The van der Waals surface area contributed by atoms with E-state index >= 15 is 0 Å². The Balaban J connectivity index is 1.29. The van der Waals surface area contributed by atoms with Crippen molar-refractivity contribution in [3.8, 4) is 0 Å². The van der Waals surface area contributed by atoms with Crippen molar-refractivity contribution < 1.29 is 9.59 Å². The van der Waals surface area contributed by atoms with Crippen LogP contribution >= 0.6 is 0 Å². The largest absolute Gasteiger partial charge is 0.352 e. The molecule has 182 valence electrons. The molecule has 1 aliphatic heterocycles. The Hall–Kier alpha value is -3.62. The monoisotopic (exact) mass is 472 g/mol. The molecule has 35 heavy (non-hydrogen) atoms. The lowest BCUT2D eigenvalue weighted by atomic mass is 10.0. The van der Waals surface area contributed by atoms with E-state index in [2.05, 4.69) is 37.4 Å². The third-order valence-electron chi connectivity index (χ3n) is 6.14. The van der Waals surface area contributed by atoms with Gasteiger partial charge < -0.3 is 20.4 Å². The highest BCUT2D eigenvalue weighted by Gasteiger charge is 2.13. The number of likely N-dealkylation sites (N-methyl/N-ethyl adjacent to an activating group) is 1. The van der Waals surface area contributed by atoms with E-state index in [0.29, 0.717) is 29.9 Å². The van der Waals surface area contributed by atoms with Crippen LogP contribution in [-0.2, 0) is 6.42 Å². The number of hydrogen-bond acceptors (Lipinski definition) is 6. The molecule has 2 amide bonds. The molecule has 8 heteroatoms. The molecule has 1 saturated heterocycles. The van der Waals surface area contributed by atoms with Crippen LogP contribution in [0.2, 0.25) is 0 Å². The van der Waals surface area contributed by atoms with Crippen molar-refractivity contribution >= 4 is 17.6 Å². The minimum absolute atomic E-state index is 0.0526. The minimum Gasteiger partial charge on any atom is -0.352 e. The van der Waals surface area contributed by atoms with Crippen molar-refractivity contribution in [3.63, 3.8) is 0 Å². The van der Waals surface area contributed by atoms with E-state index in [1.54, 1.807) is 18.3 Å². The van der Waals surface area contributed by atoms with E-state index in [-0.39, 0.29) is 11.8 Å². The summed E-state index contributed by atoms with van der Waals surface area (Å²) in [7, 11) is 2.15. The standard InChI is InChI=1S/C27H32N6O2/c1-32-13-15-33(16-14-32)12-4-10-29-26(34)23-7-2-5-21(18-23)17-22-6-3-8-24(19-22)27(35)31-25-9-11-28-20-30-25/h2-3,5-9,11,18-20H,4,10,12-17H2,1H3,(H,29,34)(H,28,30,31,35). The van der Waals surface area contributed by atoms with Gasteiger partial charge in [-0.3, -0.25) is 9.59 Å². The number of nitrogens with zero attached hydrogens (tertiary/aromatic N) is 4. The van der Waals surface area contributed by atoms with Crippen LogP contribution in [0.5, 0.6) is 0 Å². The number of carbonyl (C=O) groups is 2. The van der Waals surface area contributed by atoms with Crippen LogP contribution in [0.3, 0.4) is 0 Å². The number of amides is 2. The van der Waals surface area contributed by atoms with Gasteiger partial charge in [0, 0.05) is 50.0 Å². The van der Waals surface area contributed by atoms with Crippen molar-refractivity contribution in [2.24, 2.45) is 0 Å². The fourth-order valence-corrected chi connectivity index (χ4v) is 4.11. The topological polar surface area (TPSA) is 90.5 Å². The van der Waals surface area contributed by atoms with Crippen LogP contribution in [0.25, 0.3) is 0 Å². The molecule has 1 aromatic heterocycles. The average Bonchev–Trinajstić information content (AvgIpc) is 2.88. The summed E-state index contributed by atoms with van der Waals surface area (Å²) in [5, 5.41) is 5.82. The molecule has 0 atom stereocenters. The molecular formula is C27H32N6O2. The SMILES string of the molecule is CN1CCN(CCCNC(=O)c2cccc(Cc3cccc(C(=O)Nc4ccncn4)c3)c2)CC1. The van der Waals surface area contributed by atoms with E-state index in [4.69, 9.17) is 0 Å². The molecule has 8 nitrogen and oxygen atoms in total. The van der Waals surface area contributed by atoms with Crippen LogP contribution in [-0.4, -0.2) is 77.9 Å². The predicted molar refractivity (Wildman–Crippen MR) is 137 cm³/mol. The second-order valence-electron chi connectivity index (χ2n) is 8.88. The van der Waals surface area contributed by atoms with Gasteiger partial charge in [-0.25, -0.2) is 9.97 Å². The summed E-state index contributed by atoms with van der Waals surface area (Å²) in [5.74, 6) is 0.177. The normalized spacial score (nSPS) is 14.4. The predicted octanol–water partition coefficient (Wildman–Crippen LogP) is 2.69. The van der Waals surface area contributed by atoms with E-state index in [0.717, 1.165) is 50.3 Å². The number of rotatable bonds is 9. The zero-order valence-electron chi connectivity index (χ0n) is 20.1. The Kier molecular flexibility index (Phi) is 8.53. The summed E-state index contributed by atoms with van der Waals surface area (Å²) in [4.78, 5) is 37.9. The van der Waals surface area contributed by atoms with Crippen molar-refractivity contribution in [2.75, 3.05) is 51.6 Å². The van der Waals surface area contributed by atoms with Crippen LogP contribution in [0, 0.1) is 0 Å². The zero-order chi connectivity index (χ0) is 24.5. The molecule has 3 aromatic rings. The lowest BCUT2D eigenvalue weighted by molar-refractivity contribution is 0.0948. The summed E-state index contributed by atoms with van der Waals surface area (Å²) >= 11 is 0. The number of nitrogens with one attached hydrogen (secondary N) is 2. The molecule has 0 saturated carbocycles. The summed E-state index contributed by atoms with van der Waals surface area (Å²) in [6.45, 7) is 6.07. The van der Waals surface area contributed by atoms with Crippen LogP contribution < -0.4 is 10.6 Å². The molecule has 0 aliphatic carbocycles. The van der Waals surface area contributed by atoms with Crippen molar-refractivity contribution in [3.05, 3.63) is 89.4 Å². The van der Waals surface area contributed by atoms with Gasteiger partial charge in [0.2, 0.25) is 0 Å². The van der Waals surface area contributed by atoms with Gasteiger partial charge in [-0.05, 0) is 67.9 Å². The average molecular weight is 473 g/mol. The Morgan fingerprint density at radius 1 is 0.914 bits per heavy atom. The molecule has 2 N–H and O–H groups in total. The Bertz CT molecular complexity index is 1130. The van der Waals surface area contributed by atoms with E-state index in [9.17, 15) is 9.59 Å². The van der Waals surface area contributed by atoms with Crippen molar-refractivity contribution in [1.29, 1.82) is 0 Å². The number of anilines is 1. The third-order valence-corrected chi connectivity index (χ3v) is 6.14. The van der Waals surface area contributed by atoms with Gasteiger partial charge in [-0.2, -0.15) is 0 Å². The second-order valence-corrected chi connectivity index (χ2v) is 8.88. The highest BCUT2D eigenvalue weighted by molar-refractivity contribution is 6.03. The van der Waals surface area contributed by atoms with Gasteiger partial charge in [-0.1, -0.05) is 24.3 Å². The highest BCUT2D eigenvalue weighted by atomic mass is 16.2. The van der Waals surface area contributed by atoms with Gasteiger partial charge in [0.1, 0.15) is 12.1 Å². The van der Waals surface area contributed by atoms with Crippen LogP contribution in [0.1, 0.15) is 38.3 Å². The first-order chi connectivity index (χ1) is 17.1.